The highest BCUT2D eigenvalue weighted by molar-refractivity contribution is 7.92. The van der Waals surface area contributed by atoms with Gasteiger partial charge in [0.2, 0.25) is 21.8 Å². The van der Waals surface area contributed by atoms with E-state index in [-0.39, 0.29) is 46.8 Å². The van der Waals surface area contributed by atoms with Gasteiger partial charge in [-0.05, 0) is 78.6 Å². The maximum atomic E-state index is 14.2. The maximum Gasteiger partial charge on any atom is 0.251 e. The molecule has 12 heteroatoms. The average Bonchev–Trinajstić information content (AvgIpc) is 3.14. The van der Waals surface area contributed by atoms with Gasteiger partial charge in [-0.3, -0.25) is 18.7 Å². The van der Waals surface area contributed by atoms with Crippen molar-refractivity contribution in [1.29, 1.82) is 0 Å². The summed E-state index contributed by atoms with van der Waals surface area (Å²) in [5.41, 5.74) is 2.29. The van der Waals surface area contributed by atoms with Gasteiger partial charge >= 0.3 is 0 Å². The molecule has 0 aromatic heterocycles. The van der Waals surface area contributed by atoms with Crippen LogP contribution in [0.15, 0.2) is 97.6 Å². The van der Waals surface area contributed by atoms with Crippen molar-refractivity contribution in [1.82, 2.24) is 16.0 Å². The summed E-state index contributed by atoms with van der Waals surface area (Å²) in [6.45, 7) is 23.0. The van der Waals surface area contributed by atoms with E-state index in [1.54, 1.807) is 54.6 Å². The molecule has 0 aliphatic rings. The summed E-state index contributed by atoms with van der Waals surface area (Å²) in [4.78, 5) is 41.8. The van der Waals surface area contributed by atoms with E-state index in [0.717, 1.165) is 5.56 Å². The molecular formula is C45H66N4O6SSi. The second-order valence-electron chi connectivity index (χ2n) is 17.3. The molecular weight excluding hydrogens is 753 g/mol. The first-order valence-electron chi connectivity index (χ1n) is 20.0. The summed E-state index contributed by atoms with van der Waals surface area (Å²) in [6.07, 6.45) is 2.33. The van der Waals surface area contributed by atoms with Crippen LogP contribution in [0.25, 0.3) is 0 Å². The lowest BCUT2D eigenvalue weighted by Crippen LogP contribution is -2.54. The summed E-state index contributed by atoms with van der Waals surface area (Å²) < 4.78 is 35.1. The Labute approximate surface area is 343 Å². The van der Waals surface area contributed by atoms with Gasteiger partial charge in [0, 0.05) is 25.1 Å². The van der Waals surface area contributed by atoms with Crippen LogP contribution in [0.5, 0.6) is 0 Å². The van der Waals surface area contributed by atoms with E-state index in [1.807, 2.05) is 50.2 Å². The van der Waals surface area contributed by atoms with Crippen molar-refractivity contribution in [2.75, 3.05) is 11.4 Å². The molecule has 0 heterocycles. The molecule has 3 aromatic rings. The van der Waals surface area contributed by atoms with E-state index in [1.165, 1.54) is 11.4 Å². The molecule has 57 heavy (non-hydrogen) atoms. The number of hydrogen-bond donors (Lipinski definition) is 3. The molecule has 10 nitrogen and oxygen atoms in total. The van der Waals surface area contributed by atoms with Crippen LogP contribution in [0.1, 0.15) is 89.2 Å². The topological polar surface area (TPSA) is 134 Å². The molecule has 0 fully saturated rings. The molecule has 0 radical (unpaired) electrons. The number of carbonyl (C=O) groups excluding carboxylic acids is 3. The number of hydrogen-bond acceptors (Lipinski definition) is 6. The SMILES string of the molecule is C=CC[C@H](C[C@H](O[Si](C)(C)C(C)(C)C)[C@H](CC(C)C)NC(=O)c1cccc(N(C)S(=O)(=O)Cc2ccccc2)c1)C(=O)N[C@H](C(=O)NCc1ccccc1)C(C)C. The minimum atomic E-state index is -3.74. The van der Waals surface area contributed by atoms with Gasteiger partial charge < -0.3 is 20.4 Å². The number of amides is 3. The standard InChI is InChI=1S/C45H66N4O6SSi/c1-12-20-36(43(51)48-41(33(4)5)44(52)46-30-34-21-15-13-16-22-34)29-40(55-57(10,11)45(6,7)8)39(27-32(2)3)47-42(50)37-25-19-26-38(28-37)49(9)56(53,54)31-35-23-17-14-18-24-35/h12-19,21-26,28,32-33,36,39-41H,1,20,27,29-31H2,2-11H3,(H,46,52)(H,47,50)(H,48,51)/t36-,39+,40+,41+/m1/s1. The summed E-state index contributed by atoms with van der Waals surface area (Å²) in [5.74, 6) is -1.72. The van der Waals surface area contributed by atoms with Crippen LogP contribution in [-0.2, 0) is 36.3 Å². The lowest BCUT2D eigenvalue weighted by molar-refractivity contribution is -0.132. The predicted molar refractivity (Wildman–Crippen MR) is 235 cm³/mol. The van der Waals surface area contributed by atoms with Gasteiger partial charge in [-0.2, -0.15) is 0 Å². The highest BCUT2D eigenvalue weighted by atomic mass is 32.2. The summed E-state index contributed by atoms with van der Waals surface area (Å²) >= 11 is 0. The number of anilines is 1. The van der Waals surface area contributed by atoms with Crippen molar-refractivity contribution in [3.63, 3.8) is 0 Å². The molecule has 312 valence electrons. The Bertz CT molecular complexity index is 1880. The fourth-order valence-electron chi connectivity index (χ4n) is 6.29. The number of carbonyl (C=O) groups is 3. The Hall–Kier alpha value is -4.26. The second kappa shape index (κ2) is 20.9. The minimum Gasteiger partial charge on any atom is -0.412 e. The van der Waals surface area contributed by atoms with E-state index in [0.29, 0.717) is 36.2 Å². The minimum absolute atomic E-state index is 0.159. The van der Waals surface area contributed by atoms with Crippen LogP contribution in [0.3, 0.4) is 0 Å². The molecule has 4 atom stereocenters. The highest BCUT2D eigenvalue weighted by Gasteiger charge is 2.42. The van der Waals surface area contributed by atoms with Gasteiger partial charge in [0.1, 0.15) is 6.04 Å². The Morgan fingerprint density at radius 2 is 1.44 bits per heavy atom. The lowest BCUT2D eigenvalue weighted by atomic mass is 9.89. The molecule has 3 rings (SSSR count). The second-order valence-corrected chi connectivity index (χ2v) is 24.0. The van der Waals surface area contributed by atoms with Crippen LogP contribution >= 0.6 is 0 Å². The van der Waals surface area contributed by atoms with Crippen LogP contribution in [0, 0.1) is 17.8 Å². The molecule has 3 amide bonds. The van der Waals surface area contributed by atoms with Gasteiger partial charge in [0.05, 0.1) is 23.6 Å². The molecule has 0 aliphatic carbocycles. The van der Waals surface area contributed by atoms with Crippen LogP contribution in [-0.4, -0.2) is 59.7 Å². The Morgan fingerprint density at radius 1 is 0.842 bits per heavy atom. The number of benzene rings is 3. The molecule has 0 unspecified atom stereocenters. The third-order valence-electron chi connectivity index (χ3n) is 10.7. The summed E-state index contributed by atoms with van der Waals surface area (Å²) in [5, 5.41) is 9.10. The monoisotopic (exact) mass is 818 g/mol. The lowest BCUT2D eigenvalue weighted by Gasteiger charge is -2.43. The zero-order chi connectivity index (χ0) is 42.6. The first-order valence-corrected chi connectivity index (χ1v) is 24.5. The summed E-state index contributed by atoms with van der Waals surface area (Å²) in [6, 6.07) is 23.9. The third-order valence-corrected chi connectivity index (χ3v) is 17.0. The first-order chi connectivity index (χ1) is 26.6. The van der Waals surface area contributed by atoms with Gasteiger partial charge in [-0.25, -0.2) is 8.42 Å². The van der Waals surface area contributed by atoms with Gasteiger partial charge in [-0.1, -0.05) is 121 Å². The van der Waals surface area contributed by atoms with Crippen molar-refractivity contribution in [2.45, 2.75) is 116 Å². The molecule has 0 spiro atoms. The van der Waals surface area contributed by atoms with Crippen molar-refractivity contribution in [2.24, 2.45) is 17.8 Å². The normalized spacial score (nSPS) is 14.3. The van der Waals surface area contributed by atoms with E-state index >= 15 is 0 Å². The van der Waals surface area contributed by atoms with Gasteiger partial charge in [0.25, 0.3) is 5.91 Å². The quantitative estimate of drug-likeness (QED) is 0.0733. The number of allylic oxidation sites excluding steroid dienone is 1. The first kappa shape index (κ1) is 47.1. The average molecular weight is 819 g/mol. The number of rotatable bonds is 21. The smallest absolute Gasteiger partial charge is 0.251 e. The molecule has 0 aliphatic heterocycles. The van der Waals surface area contributed by atoms with E-state index < -0.39 is 42.4 Å². The third kappa shape index (κ3) is 14.3. The summed E-state index contributed by atoms with van der Waals surface area (Å²) in [7, 11) is -4.73. The van der Waals surface area contributed by atoms with E-state index in [4.69, 9.17) is 4.43 Å². The molecule has 0 bridgehead atoms. The number of nitrogens with zero attached hydrogens (tertiary/aromatic N) is 1. The van der Waals surface area contributed by atoms with E-state index in [9.17, 15) is 22.8 Å². The Kier molecular flexibility index (Phi) is 17.3. The van der Waals surface area contributed by atoms with Crippen molar-refractivity contribution >= 4 is 41.7 Å². The molecule has 3 aromatic carbocycles. The Morgan fingerprint density at radius 3 is 1.98 bits per heavy atom. The zero-order valence-electron chi connectivity index (χ0n) is 35.7. The Balaban J connectivity index is 1.92. The van der Waals surface area contributed by atoms with Crippen LogP contribution < -0.4 is 20.3 Å². The van der Waals surface area contributed by atoms with Crippen molar-refractivity contribution in [3.8, 4) is 0 Å². The fourth-order valence-corrected chi connectivity index (χ4v) is 8.90. The van der Waals surface area contributed by atoms with Gasteiger partial charge in [-0.15, -0.1) is 6.58 Å². The number of sulfonamides is 1. The predicted octanol–water partition coefficient (Wildman–Crippen LogP) is 8.23. The molecule has 0 saturated carbocycles. The van der Waals surface area contributed by atoms with Crippen LogP contribution in [0.4, 0.5) is 5.69 Å². The van der Waals surface area contributed by atoms with Crippen molar-refractivity contribution < 1.29 is 27.2 Å². The molecule has 0 saturated heterocycles. The zero-order valence-corrected chi connectivity index (χ0v) is 37.5. The fraction of sp³-hybridized carbons (Fsp3) is 0.489. The van der Waals surface area contributed by atoms with Crippen LogP contribution in [0.2, 0.25) is 18.1 Å². The van der Waals surface area contributed by atoms with E-state index in [2.05, 4.69) is 70.2 Å². The maximum absolute atomic E-state index is 14.2. The van der Waals surface area contributed by atoms with Gasteiger partial charge in [0.15, 0.2) is 8.32 Å². The van der Waals surface area contributed by atoms with Crippen molar-refractivity contribution in [3.05, 3.63) is 114 Å². The largest absolute Gasteiger partial charge is 0.412 e. The molecule has 3 N–H and O–H groups in total. The number of nitrogens with one attached hydrogen (secondary N) is 3. The highest BCUT2D eigenvalue weighted by Crippen LogP contribution is 2.39.